The van der Waals surface area contributed by atoms with Crippen molar-refractivity contribution >= 4 is 9.84 Å². The van der Waals surface area contributed by atoms with E-state index in [9.17, 15) is 8.42 Å². The summed E-state index contributed by atoms with van der Waals surface area (Å²) in [7, 11) is -3.00. The Kier molecular flexibility index (Phi) is 30.3. The monoisotopic (exact) mass is 571 g/mol. The minimum Gasteiger partial charge on any atom is -0.377 e. The quantitative estimate of drug-likeness (QED) is 0.0596. The molecule has 0 aliphatic rings. The van der Waals surface area contributed by atoms with Gasteiger partial charge in [-0.05, 0) is 45.4 Å². The summed E-state index contributed by atoms with van der Waals surface area (Å²) in [4.78, 5) is 0. The van der Waals surface area contributed by atoms with E-state index in [2.05, 4.69) is 26.0 Å². The highest BCUT2D eigenvalue weighted by atomic mass is 32.2. The maximum Gasteiger partial charge on any atom is 0.152 e. The second-order valence-corrected chi connectivity index (χ2v) is 14.4. The topological polar surface area (TPSA) is 43.4 Å². The molecule has 39 heavy (non-hydrogen) atoms. The van der Waals surface area contributed by atoms with Gasteiger partial charge in [0.05, 0.1) is 17.6 Å². The maximum atomic E-state index is 12.4. The highest BCUT2D eigenvalue weighted by Crippen LogP contribution is 2.14. The van der Waals surface area contributed by atoms with Crippen molar-refractivity contribution in [2.45, 2.75) is 194 Å². The van der Waals surface area contributed by atoms with Crippen LogP contribution in [0.25, 0.3) is 0 Å². The van der Waals surface area contributed by atoms with Gasteiger partial charge >= 0.3 is 0 Å². The van der Waals surface area contributed by atoms with Crippen molar-refractivity contribution in [1.29, 1.82) is 0 Å². The third-order valence-corrected chi connectivity index (χ3v) is 9.74. The predicted octanol–water partition coefficient (Wildman–Crippen LogP) is 11.5. The molecule has 1 unspecified atom stereocenters. The van der Waals surface area contributed by atoms with Gasteiger partial charge in [-0.1, -0.05) is 154 Å². The molecule has 0 aromatic rings. The number of hydrogen-bond acceptors (Lipinski definition) is 3. The molecule has 0 saturated heterocycles. The van der Waals surface area contributed by atoms with E-state index < -0.39 is 9.84 Å². The predicted molar refractivity (Wildman–Crippen MR) is 175 cm³/mol. The minimum absolute atomic E-state index is 0.178. The molecule has 0 heterocycles. The van der Waals surface area contributed by atoms with Crippen LogP contribution < -0.4 is 0 Å². The molecule has 234 valence electrons. The number of unbranched alkanes of at least 4 members (excludes halogenated alkanes) is 23. The number of hydrogen-bond donors (Lipinski definition) is 0. The first-order valence-corrected chi connectivity index (χ1v) is 19.3. The fraction of sp³-hybridized carbons (Fsp3) is 0.943. The molecule has 0 fully saturated rings. The van der Waals surface area contributed by atoms with Crippen molar-refractivity contribution in [2.24, 2.45) is 0 Å². The van der Waals surface area contributed by atoms with Gasteiger partial charge in [-0.25, -0.2) is 8.42 Å². The van der Waals surface area contributed by atoms with Crippen LogP contribution in [0.2, 0.25) is 0 Å². The van der Waals surface area contributed by atoms with Gasteiger partial charge in [-0.2, -0.15) is 0 Å². The fourth-order valence-corrected chi connectivity index (χ4v) is 6.91. The van der Waals surface area contributed by atoms with Crippen molar-refractivity contribution in [1.82, 2.24) is 0 Å². The molecule has 4 heteroatoms. The lowest BCUT2D eigenvalue weighted by Gasteiger charge is -2.13. The summed E-state index contributed by atoms with van der Waals surface area (Å²) in [6.45, 7) is 7.14. The molecule has 1 atom stereocenters. The first-order valence-electron chi connectivity index (χ1n) is 17.5. The van der Waals surface area contributed by atoms with E-state index in [4.69, 9.17) is 4.74 Å². The van der Waals surface area contributed by atoms with Crippen LogP contribution in [0.15, 0.2) is 12.2 Å². The SMILES string of the molecule is CCCCCC/C=C/CCCCCCCCOC(C)CS(=O)(=O)CCCCCCCCCCCCCCCC. The molecule has 0 aliphatic heterocycles. The van der Waals surface area contributed by atoms with E-state index >= 15 is 0 Å². The van der Waals surface area contributed by atoms with Crippen LogP contribution in [-0.4, -0.2) is 32.6 Å². The van der Waals surface area contributed by atoms with Crippen LogP contribution >= 0.6 is 0 Å². The van der Waals surface area contributed by atoms with Gasteiger partial charge in [-0.15, -0.1) is 0 Å². The standard InChI is InChI=1S/C35H70O3S/c1-4-6-8-10-12-14-16-18-20-22-24-26-28-30-32-38-35(3)34-39(36,37)33-31-29-27-25-23-21-19-17-15-13-11-9-7-5-2/h14,16,35H,4-13,15,17-34H2,1-3H3/b16-14+. The molecular weight excluding hydrogens is 500 g/mol. The van der Waals surface area contributed by atoms with E-state index in [1.165, 1.54) is 148 Å². The molecule has 3 nitrogen and oxygen atoms in total. The van der Waals surface area contributed by atoms with Crippen LogP contribution in [0, 0.1) is 0 Å². The molecule has 0 bridgehead atoms. The van der Waals surface area contributed by atoms with Gasteiger partial charge in [0.15, 0.2) is 9.84 Å². The summed E-state index contributed by atoms with van der Waals surface area (Å²) in [5, 5.41) is 0. The van der Waals surface area contributed by atoms with Gasteiger partial charge in [0.25, 0.3) is 0 Å². The smallest absolute Gasteiger partial charge is 0.152 e. The second kappa shape index (κ2) is 30.6. The Hall–Kier alpha value is -0.350. The summed E-state index contributed by atoms with van der Waals surface area (Å²) >= 11 is 0. The van der Waals surface area contributed by atoms with Crippen molar-refractivity contribution in [3.05, 3.63) is 12.2 Å². The summed E-state index contributed by atoms with van der Waals surface area (Å²) in [6.07, 6.45) is 37.9. The maximum absolute atomic E-state index is 12.4. The highest BCUT2D eigenvalue weighted by Gasteiger charge is 2.16. The van der Waals surface area contributed by atoms with Gasteiger partial charge in [-0.3, -0.25) is 0 Å². The lowest BCUT2D eigenvalue weighted by atomic mass is 10.0. The zero-order valence-corrected chi connectivity index (χ0v) is 27.7. The molecule has 0 radical (unpaired) electrons. The van der Waals surface area contributed by atoms with Crippen LogP contribution in [0.1, 0.15) is 188 Å². The Balaban J connectivity index is 3.45. The molecule has 0 rings (SSSR count). The lowest BCUT2D eigenvalue weighted by molar-refractivity contribution is 0.0776. The molecule has 0 aromatic carbocycles. The summed E-state index contributed by atoms with van der Waals surface area (Å²) in [5.74, 6) is 0.504. The number of sulfone groups is 1. The average molecular weight is 571 g/mol. The molecule has 0 amide bonds. The van der Waals surface area contributed by atoms with E-state index in [-0.39, 0.29) is 11.9 Å². The third kappa shape index (κ3) is 32.0. The summed E-state index contributed by atoms with van der Waals surface area (Å²) in [6, 6.07) is 0. The first-order chi connectivity index (χ1) is 19.0. The Morgan fingerprint density at radius 1 is 0.513 bits per heavy atom. The van der Waals surface area contributed by atoms with Crippen molar-refractivity contribution in [2.75, 3.05) is 18.1 Å². The van der Waals surface area contributed by atoms with Crippen LogP contribution in [0.4, 0.5) is 0 Å². The van der Waals surface area contributed by atoms with E-state index in [1.54, 1.807) is 0 Å². The average Bonchev–Trinajstić information content (AvgIpc) is 2.90. The van der Waals surface area contributed by atoms with Crippen molar-refractivity contribution < 1.29 is 13.2 Å². The summed E-state index contributed by atoms with van der Waals surface area (Å²) in [5.41, 5.74) is 0. The van der Waals surface area contributed by atoms with Crippen LogP contribution in [-0.2, 0) is 14.6 Å². The van der Waals surface area contributed by atoms with Gasteiger partial charge in [0.2, 0.25) is 0 Å². The Morgan fingerprint density at radius 3 is 1.33 bits per heavy atom. The number of ether oxygens (including phenoxy) is 1. The molecule has 0 saturated carbocycles. The van der Waals surface area contributed by atoms with Gasteiger partial charge < -0.3 is 4.74 Å². The first kappa shape index (κ1) is 38.6. The fourth-order valence-electron chi connectivity index (χ4n) is 5.29. The van der Waals surface area contributed by atoms with Crippen LogP contribution in [0.3, 0.4) is 0 Å². The zero-order valence-electron chi connectivity index (χ0n) is 26.9. The lowest BCUT2D eigenvalue weighted by Crippen LogP contribution is -2.23. The highest BCUT2D eigenvalue weighted by molar-refractivity contribution is 7.91. The van der Waals surface area contributed by atoms with Gasteiger partial charge in [0.1, 0.15) is 0 Å². The van der Waals surface area contributed by atoms with Crippen molar-refractivity contribution in [3.63, 3.8) is 0 Å². The van der Waals surface area contributed by atoms with Crippen molar-refractivity contribution in [3.8, 4) is 0 Å². The number of allylic oxidation sites excluding steroid dienone is 2. The normalized spacial score (nSPS) is 13.0. The third-order valence-electron chi connectivity index (χ3n) is 7.86. The Morgan fingerprint density at radius 2 is 0.872 bits per heavy atom. The second-order valence-electron chi connectivity index (χ2n) is 12.1. The Bertz CT molecular complexity index is 599. The van der Waals surface area contributed by atoms with E-state index in [0.29, 0.717) is 12.4 Å². The van der Waals surface area contributed by atoms with E-state index in [0.717, 1.165) is 19.3 Å². The Labute approximate surface area is 246 Å². The van der Waals surface area contributed by atoms with Gasteiger partial charge in [0, 0.05) is 6.61 Å². The molecule has 0 aliphatic carbocycles. The molecule has 0 aromatic heterocycles. The largest absolute Gasteiger partial charge is 0.377 e. The minimum atomic E-state index is -3.00. The summed E-state index contributed by atoms with van der Waals surface area (Å²) < 4.78 is 30.7. The molecular formula is C35H70O3S. The molecule has 0 N–H and O–H groups in total. The molecule has 0 spiro atoms. The number of rotatable bonds is 32. The zero-order chi connectivity index (χ0) is 28.7. The van der Waals surface area contributed by atoms with Crippen LogP contribution in [0.5, 0.6) is 0 Å². The van der Waals surface area contributed by atoms with E-state index in [1.807, 2.05) is 6.92 Å².